The lowest BCUT2D eigenvalue weighted by Crippen LogP contribution is -2.49. The Hall–Kier alpha value is -0.820. The fourth-order valence-corrected chi connectivity index (χ4v) is 5.68. The summed E-state index contributed by atoms with van der Waals surface area (Å²) < 4.78 is 23.2. The van der Waals surface area contributed by atoms with Crippen molar-refractivity contribution >= 4 is 15.8 Å². The van der Waals surface area contributed by atoms with Crippen molar-refractivity contribution in [3.05, 3.63) is 0 Å². The number of likely N-dealkylation sites (tertiary alicyclic amines) is 1. The van der Waals surface area contributed by atoms with E-state index in [0.29, 0.717) is 30.1 Å². The van der Waals surface area contributed by atoms with Crippen LogP contribution < -0.4 is 10.6 Å². The van der Waals surface area contributed by atoms with Crippen molar-refractivity contribution in [2.45, 2.75) is 63.1 Å². The van der Waals surface area contributed by atoms with Crippen LogP contribution in [0.1, 0.15) is 44.9 Å². The number of nitrogens with zero attached hydrogens (tertiary/aromatic N) is 2. The minimum absolute atomic E-state index is 0.199. The molecule has 1 atom stereocenters. The molecule has 4 aliphatic rings. The van der Waals surface area contributed by atoms with Gasteiger partial charge in [-0.15, -0.1) is 0 Å². The van der Waals surface area contributed by atoms with Crippen LogP contribution in [0.2, 0.25) is 0 Å². The van der Waals surface area contributed by atoms with Gasteiger partial charge >= 0.3 is 0 Å². The second kappa shape index (κ2) is 6.83. The van der Waals surface area contributed by atoms with Gasteiger partial charge in [-0.25, -0.2) is 8.42 Å². The summed E-state index contributed by atoms with van der Waals surface area (Å²) in [5, 5.41) is 7.12. The van der Waals surface area contributed by atoms with E-state index in [4.69, 9.17) is 4.99 Å². The molecule has 2 aliphatic heterocycles. The normalized spacial score (nSPS) is 32.0. The zero-order valence-corrected chi connectivity index (χ0v) is 15.2. The van der Waals surface area contributed by atoms with Crippen LogP contribution in [0.15, 0.2) is 4.99 Å². The number of nitrogens with one attached hydrogen (secondary N) is 2. The molecule has 0 amide bonds. The molecule has 0 aromatic carbocycles. The van der Waals surface area contributed by atoms with E-state index in [1.165, 1.54) is 51.6 Å². The Labute approximate surface area is 145 Å². The number of hydrogen-bond donors (Lipinski definition) is 2. The molecule has 4 fully saturated rings. The maximum absolute atomic E-state index is 11.6. The summed E-state index contributed by atoms with van der Waals surface area (Å²) in [7, 11) is -2.81. The van der Waals surface area contributed by atoms with Crippen molar-refractivity contribution in [2.24, 2.45) is 10.9 Å². The van der Waals surface area contributed by atoms with E-state index < -0.39 is 9.84 Å². The number of rotatable bonds is 5. The van der Waals surface area contributed by atoms with Crippen LogP contribution in [-0.2, 0) is 9.84 Å². The van der Waals surface area contributed by atoms with Crippen LogP contribution in [-0.4, -0.2) is 68.5 Å². The van der Waals surface area contributed by atoms with Gasteiger partial charge < -0.3 is 15.5 Å². The highest BCUT2D eigenvalue weighted by molar-refractivity contribution is 7.91. The molecule has 0 aromatic rings. The molecule has 24 heavy (non-hydrogen) atoms. The fraction of sp³-hybridized carbons (Fsp3) is 0.941. The van der Waals surface area contributed by atoms with Crippen molar-refractivity contribution in [2.75, 3.05) is 31.1 Å². The highest BCUT2D eigenvalue weighted by atomic mass is 32.2. The molecule has 2 saturated carbocycles. The topological polar surface area (TPSA) is 73.8 Å². The standard InChI is InChI=1S/C17H30N4O2S/c22-24(23)10-7-13(12-24)11-18-17(19-14-1-2-14)20-15-5-8-21(9-6-15)16-3-4-16/h13-16H,1-12H2,(H2,18,19,20). The Balaban J connectivity index is 1.29. The molecule has 2 N–H and O–H groups in total. The zero-order chi connectivity index (χ0) is 16.6. The van der Waals surface area contributed by atoms with Crippen LogP contribution >= 0.6 is 0 Å². The quantitative estimate of drug-likeness (QED) is 0.563. The first kappa shape index (κ1) is 16.6. The summed E-state index contributed by atoms with van der Waals surface area (Å²) in [5.41, 5.74) is 0. The molecule has 7 heteroatoms. The van der Waals surface area contributed by atoms with Crippen molar-refractivity contribution in [3.8, 4) is 0 Å². The third-order valence-electron chi connectivity index (χ3n) is 5.69. The number of aliphatic imine (C=N–C) groups is 1. The molecular weight excluding hydrogens is 324 g/mol. The van der Waals surface area contributed by atoms with E-state index >= 15 is 0 Å². The van der Waals surface area contributed by atoms with Gasteiger partial charge in [-0.1, -0.05) is 0 Å². The summed E-state index contributed by atoms with van der Waals surface area (Å²) in [6.45, 7) is 3.02. The average Bonchev–Trinajstić information content (AvgIpc) is 3.45. The molecule has 6 nitrogen and oxygen atoms in total. The van der Waals surface area contributed by atoms with E-state index in [0.717, 1.165) is 18.4 Å². The minimum Gasteiger partial charge on any atom is -0.354 e. The Bertz CT molecular complexity index is 575. The third-order valence-corrected chi connectivity index (χ3v) is 7.52. The molecule has 2 heterocycles. The molecule has 2 aliphatic carbocycles. The van der Waals surface area contributed by atoms with Gasteiger partial charge in [0.1, 0.15) is 0 Å². The molecule has 4 rings (SSSR count). The van der Waals surface area contributed by atoms with E-state index in [1.807, 2.05) is 0 Å². The van der Waals surface area contributed by atoms with Gasteiger partial charge in [0.05, 0.1) is 11.5 Å². The second-order valence-electron chi connectivity index (χ2n) is 8.06. The van der Waals surface area contributed by atoms with Gasteiger partial charge in [-0.2, -0.15) is 0 Å². The Kier molecular flexibility index (Phi) is 4.73. The molecule has 0 radical (unpaired) electrons. The smallest absolute Gasteiger partial charge is 0.191 e. The van der Waals surface area contributed by atoms with Crippen molar-refractivity contribution in [1.29, 1.82) is 0 Å². The SMILES string of the molecule is O=S1(=O)CCC(CN=C(NC2CC2)NC2CCN(C3CC3)CC2)C1. The lowest BCUT2D eigenvalue weighted by atomic mass is 10.1. The highest BCUT2D eigenvalue weighted by Gasteiger charge is 2.32. The molecule has 0 aromatic heterocycles. The van der Waals surface area contributed by atoms with Crippen LogP contribution in [0.4, 0.5) is 0 Å². The predicted molar refractivity (Wildman–Crippen MR) is 96.0 cm³/mol. The lowest BCUT2D eigenvalue weighted by Gasteiger charge is -2.33. The minimum atomic E-state index is -2.81. The third kappa shape index (κ3) is 4.63. The summed E-state index contributed by atoms with van der Waals surface area (Å²) in [6, 6.07) is 1.93. The first-order chi connectivity index (χ1) is 11.6. The van der Waals surface area contributed by atoms with Gasteiger partial charge in [-0.3, -0.25) is 4.99 Å². The molecular formula is C17H30N4O2S. The van der Waals surface area contributed by atoms with Gasteiger partial charge in [-0.05, 0) is 50.9 Å². The highest BCUT2D eigenvalue weighted by Crippen LogP contribution is 2.29. The maximum atomic E-state index is 11.6. The second-order valence-corrected chi connectivity index (χ2v) is 10.3. The zero-order valence-electron chi connectivity index (χ0n) is 14.4. The van der Waals surface area contributed by atoms with Gasteiger partial charge in [0.2, 0.25) is 0 Å². The molecule has 136 valence electrons. The number of guanidine groups is 1. The molecule has 1 unspecified atom stereocenters. The maximum Gasteiger partial charge on any atom is 0.191 e. The first-order valence-corrected chi connectivity index (χ1v) is 11.4. The molecule has 0 spiro atoms. The van der Waals surface area contributed by atoms with Gasteiger partial charge in [0, 0.05) is 37.8 Å². The first-order valence-electron chi connectivity index (χ1n) is 9.59. The van der Waals surface area contributed by atoms with Crippen LogP contribution in [0.3, 0.4) is 0 Å². The van der Waals surface area contributed by atoms with Crippen LogP contribution in [0, 0.1) is 5.92 Å². The summed E-state index contributed by atoms with van der Waals surface area (Å²) >= 11 is 0. The lowest BCUT2D eigenvalue weighted by molar-refractivity contribution is 0.197. The van der Waals surface area contributed by atoms with Crippen molar-refractivity contribution < 1.29 is 8.42 Å². The van der Waals surface area contributed by atoms with Crippen LogP contribution in [0.5, 0.6) is 0 Å². The Morgan fingerprint density at radius 1 is 0.958 bits per heavy atom. The number of piperidine rings is 1. The Morgan fingerprint density at radius 3 is 2.17 bits per heavy atom. The number of sulfone groups is 1. The molecule has 0 bridgehead atoms. The predicted octanol–water partition coefficient (Wildman–Crippen LogP) is 0.746. The largest absolute Gasteiger partial charge is 0.354 e. The van der Waals surface area contributed by atoms with Gasteiger partial charge in [0.25, 0.3) is 0 Å². The van der Waals surface area contributed by atoms with E-state index in [-0.39, 0.29) is 5.92 Å². The summed E-state index contributed by atoms with van der Waals surface area (Å²) in [4.78, 5) is 7.36. The fourth-order valence-electron chi connectivity index (χ4n) is 3.83. The van der Waals surface area contributed by atoms with E-state index in [9.17, 15) is 8.42 Å². The van der Waals surface area contributed by atoms with E-state index in [1.54, 1.807) is 0 Å². The average molecular weight is 355 g/mol. The van der Waals surface area contributed by atoms with Gasteiger partial charge in [0.15, 0.2) is 15.8 Å². The molecule has 2 saturated heterocycles. The monoisotopic (exact) mass is 354 g/mol. The van der Waals surface area contributed by atoms with Crippen LogP contribution in [0.25, 0.3) is 0 Å². The van der Waals surface area contributed by atoms with Crippen molar-refractivity contribution in [1.82, 2.24) is 15.5 Å². The van der Waals surface area contributed by atoms with E-state index in [2.05, 4.69) is 15.5 Å². The Morgan fingerprint density at radius 2 is 1.62 bits per heavy atom. The summed E-state index contributed by atoms with van der Waals surface area (Å²) in [6.07, 6.45) is 8.34. The summed E-state index contributed by atoms with van der Waals surface area (Å²) in [5.74, 6) is 1.76. The van der Waals surface area contributed by atoms with Crippen molar-refractivity contribution in [3.63, 3.8) is 0 Å². The number of hydrogen-bond acceptors (Lipinski definition) is 4.